The topological polar surface area (TPSA) is 19.6 Å². The minimum atomic E-state index is -1.51. The molecule has 0 spiro atoms. The van der Waals surface area contributed by atoms with Crippen LogP contribution in [-0.4, -0.2) is 0 Å². The highest BCUT2D eigenvalue weighted by atomic mass is 16.3. The summed E-state index contributed by atoms with van der Waals surface area (Å²) >= 11 is 0. The van der Waals surface area contributed by atoms with Crippen molar-refractivity contribution in [2.24, 2.45) is 0 Å². The van der Waals surface area contributed by atoms with Gasteiger partial charge in [0.25, 0.3) is 0 Å². The fourth-order valence-corrected chi connectivity index (χ4v) is 10.4. The van der Waals surface area contributed by atoms with E-state index in [9.17, 15) is 5.48 Å². The highest BCUT2D eigenvalue weighted by molar-refractivity contribution is 6.06. The number of benzene rings is 11. The summed E-state index contributed by atoms with van der Waals surface area (Å²) in [5.41, 5.74) is 11.4. The van der Waals surface area contributed by atoms with Gasteiger partial charge in [-0.2, -0.15) is 0 Å². The number of hydrogen-bond acceptors (Lipinski definition) is 3. The van der Waals surface area contributed by atoms with Gasteiger partial charge in [0.1, 0.15) is 11.2 Å². The third-order valence-corrected chi connectivity index (χ3v) is 13.3. The van der Waals surface area contributed by atoms with Crippen LogP contribution in [-0.2, 0) is 5.41 Å². The maximum Gasteiger partial charge on any atom is 0.135 e. The zero-order valence-electron chi connectivity index (χ0n) is 43.7. The molecule has 0 saturated heterocycles. The Labute approximate surface area is 405 Å². The molecule has 320 valence electrons. The summed E-state index contributed by atoms with van der Waals surface area (Å²) in [6.45, 7) is 0. The molecule has 11 aromatic carbocycles. The molecule has 68 heavy (non-hydrogen) atoms. The van der Waals surface area contributed by atoms with Crippen molar-refractivity contribution in [2.45, 2.75) is 5.41 Å². The number of rotatable bonds is 9. The maximum atomic E-state index is 10.4. The average molecular weight is 876 g/mol. The lowest BCUT2D eigenvalue weighted by molar-refractivity contribution is 0.668. The molecule has 0 fully saturated rings. The Bertz CT molecular complexity index is 4190. The number of anilines is 6. The molecule has 0 N–H and O–H groups in total. The quantitative estimate of drug-likeness (QED) is 0.144. The van der Waals surface area contributed by atoms with E-state index in [1.165, 1.54) is 0 Å². The van der Waals surface area contributed by atoms with E-state index in [0.29, 0.717) is 16.7 Å². The molecule has 3 heteroatoms. The molecule has 0 radical (unpaired) electrons. The Morgan fingerprint density at radius 3 is 1.59 bits per heavy atom. The van der Waals surface area contributed by atoms with Crippen molar-refractivity contribution in [3.63, 3.8) is 0 Å². The summed E-state index contributed by atoms with van der Waals surface area (Å²) in [7, 11) is 0. The summed E-state index contributed by atoms with van der Waals surface area (Å²) in [6.07, 6.45) is 0. The van der Waals surface area contributed by atoms with Crippen LogP contribution < -0.4 is 9.80 Å². The summed E-state index contributed by atoms with van der Waals surface area (Å²) in [5.74, 6) is 0. The average Bonchev–Trinajstić information content (AvgIpc) is 4.10. The Balaban J connectivity index is 1.18. The number of para-hydroxylation sites is 5. The zero-order chi connectivity index (χ0) is 51.1. The van der Waals surface area contributed by atoms with Crippen LogP contribution in [0.1, 0.15) is 31.8 Å². The van der Waals surface area contributed by atoms with Crippen molar-refractivity contribution in [1.82, 2.24) is 0 Å². The lowest BCUT2D eigenvalue weighted by atomic mass is 9.67. The number of fused-ring (bicyclic) bond motifs is 7. The van der Waals surface area contributed by atoms with E-state index >= 15 is 0 Å². The molecular formula is C65H44N2O. The summed E-state index contributed by atoms with van der Waals surface area (Å²) in [4.78, 5) is 4.47. The first-order valence-corrected chi connectivity index (χ1v) is 22.8. The molecule has 13 rings (SSSR count). The molecule has 1 heterocycles. The fraction of sp³-hybridized carbons (Fsp3) is 0.0154. The van der Waals surface area contributed by atoms with E-state index in [1.54, 1.807) is 0 Å². The minimum Gasteiger partial charge on any atom is -0.456 e. The van der Waals surface area contributed by atoms with E-state index in [1.807, 2.05) is 115 Å². The van der Waals surface area contributed by atoms with Gasteiger partial charge in [-0.3, -0.25) is 0 Å². The fourth-order valence-electron chi connectivity index (χ4n) is 10.4. The van der Waals surface area contributed by atoms with Crippen LogP contribution in [0.3, 0.4) is 0 Å². The molecule has 0 aliphatic heterocycles. The Kier molecular flexibility index (Phi) is 7.79. The lowest BCUT2D eigenvalue weighted by Crippen LogP contribution is -2.28. The molecule has 12 aromatic rings. The van der Waals surface area contributed by atoms with Crippen molar-refractivity contribution in [1.29, 1.82) is 0 Å². The van der Waals surface area contributed by atoms with Crippen LogP contribution in [0.2, 0.25) is 0 Å². The van der Waals surface area contributed by atoms with E-state index < -0.39 is 29.6 Å². The first-order chi connectivity index (χ1) is 36.6. The Morgan fingerprint density at radius 2 is 0.912 bits per heavy atom. The molecule has 1 aliphatic carbocycles. The van der Waals surface area contributed by atoms with Crippen molar-refractivity contribution < 1.29 is 14.0 Å². The third-order valence-electron chi connectivity index (χ3n) is 13.3. The normalized spacial score (nSPS) is 15.4. The van der Waals surface area contributed by atoms with Gasteiger partial charge in [-0.15, -0.1) is 0 Å². The first kappa shape index (κ1) is 32.7. The molecule has 0 bridgehead atoms. The molecule has 1 aliphatic rings. The predicted molar refractivity (Wildman–Crippen MR) is 283 cm³/mol. The van der Waals surface area contributed by atoms with Crippen LogP contribution >= 0.6 is 0 Å². The van der Waals surface area contributed by atoms with Gasteiger partial charge >= 0.3 is 0 Å². The SMILES string of the molecule is [2H]c1c([2H])c([2H])c2c([2H])c(C3(c4ccc5oc6ccccc6c5c4)c4ccc(N(c5ccccc5)c5ccccc5)cc4-c4cc(N(c5ccccc5)c5ccccc5-c5ccccc5)ccc43)c([2H])c([2H])c2c1[2H]. The third kappa shape index (κ3) is 6.35. The second-order valence-corrected chi connectivity index (χ2v) is 17.1. The lowest BCUT2D eigenvalue weighted by Gasteiger charge is -2.35. The highest BCUT2D eigenvalue weighted by Gasteiger charge is 2.47. The summed E-state index contributed by atoms with van der Waals surface area (Å²) in [5, 5.41) is 1.44. The minimum absolute atomic E-state index is 0.110. The van der Waals surface area contributed by atoms with Gasteiger partial charge < -0.3 is 14.2 Å². The van der Waals surface area contributed by atoms with Crippen LogP contribution in [0.15, 0.2) is 271 Å². The van der Waals surface area contributed by atoms with E-state index in [2.05, 4.69) is 119 Å². The van der Waals surface area contributed by atoms with Gasteiger partial charge in [0.05, 0.1) is 20.7 Å². The summed E-state index contributed by atoms with van der Waals surface area (Å²) in [6, 6.07) is 73.0. The second-order valence-electron chi connectivity index (χ2n) is 17.1. The second kappa shape index (κ2) is 16.2. The molecule has 0 saturated carbocycles. The van der Waals surface area contributed by atoms with Crippen molar-refractivity contribution >= 4 is 66.8 Å². The monoisotopic (exact) mass is 875 g/mol. The van der Waals surface area contributed by atoms with E-state index in [0.717, 1.165) is 78.3 Å². The predicted octanol–water partition coefficient (Wildman–Crippen LogP) is 17.7. The number of furan rings is 1. The van der Waals surface area contributed by atoms with Crippen LogP contribution in [0.5, 0.6) is 0 Å². The van der Waals surface area contributed by atoms with Gasteiger partial charge in [-0.25, -0.2) is 0 Å². The molecule has 0 amide bonds. The van der Waals surface area contributed by atoms with Gasteiger partial charge in [-0.1, -0.05) is 176 Å². The molecule has 1 unspecified atom stereocenters. The van der Waals surface area contributed by atoms with Crippen molar-refractivity contribution in [2.75, 3.05) is 9.80 Å². The van der Waals surface area contributed by atoms with E-state index in [-0.39, 0.29) is 34.5 Å². The Hall–Kier alpha value is -8.92. The highest BCUT2D eigenvalue weighted by Crippen LogP contribution is 2.59. The van der Waals surface area contributed by atoms with Gasteiger partial charge in [0, 0.05) is 44.8 Å². The molecule has 1 aromatic heterocycles. The molecule has 1 atom stereocenters. The van der Waals surface area contributed by atoms with Gasteiger partial charge in [0.15, 0.2) is 0 Å². The molecular weight excluding hydrogens is 825 g/mol. The summed E-state index contributed by atoms with van der Waals surface area (Å²) < 4.78 is 72.5. The standard InChI is InChI=1S/C65H44N2O/c1-5-20-46(21-6-1)55-29-15-17-31-62(55)67(52-27-11-4-12-28-52)54-37-39-61-58(44-54)57-43-53(66(50-23-7-2-8-24-50)51-25-9-3-10-26-51)36-38-60(57)65(61,48-34-33-45-19-13-14-22-47(45)41-48)49-35-40-64-59(42-49)56-30-16-18-32-63(56)68-64/h1-44H/i13D,14D,19D,22D,33D,34D,41D. The smallest absolute Gasteiger partial charge is 0.135 e. The molecule has 3 nitrogen and oxygen atoms in total. The van der Waals surface area contributed by atoms with E-state index in [4.69, 9.17) is 8.53 Å². The maximum absolute atomic E-state index is 10.4. The number of nitrogens with zero attached hydrogens (tertiary/aromatic N) is 2. The van der Waals surface area contributed by atoms with Crippen LogP contribution in [0, 0.1) is 0 Å². The van der Waals surface area contributed by atoms with Crippen LogP contribution in [0.25, 0.3) is 55.0 Å². The van der Waals surface area contributed by atoms with Gasteiger partial charge in [0.2, 0.25) is 0 Å². The first-order valence-electron chi connectivity index (χ1n) is 26.3. The van der Waals surface area contributed by atoms with Crippen LogP contribution in [0.4, 0.5) is 34.1 Å². The Morgan fingerprint density at radius 1 is 0.368 bits per heavy atom. The van der Waals surface area contributed by atoms with Gasteiger partial charge in [-0.05, 0) is 141 Å². The zero-order valence-corrected chi connectivity index (χ0v) is 36.7. The van der Waals surface area contributed by atoms with Crippen molar-refractivity contribution in [3.8, 4) is 22.3 Å². The largest absolute Gasteiger partial charge is 0.456 e. The number of hydrogen-bond donors (Lipinski definition) is 0. The van der Waals surface area contributed by atoms with Crippen molar-refractivity contribution in [3.05, 3.63) is 289 Å².